The number of nitrogens with zero attached hydrogens (tertiary/aromatic N) is 1. The molecule has 3 aromatic rings. The molecule has 6 heteroatoms. The van der Waals surface area contributed by atoms with Crippen LogP contribution in [0.1, 0.15) is 22.2 Å². The summed E-state index contributed by atoms with van der Waals surface area (Å²) in [5, 5.41) is 3.51. The SMILES string of the molecule is CCOc1ccc(-c2nc(NC(=O)c3cccc(SC)c3)sc2C)cc1. The summed E-state index contributed by atoms with van der Waals surface area (Å²) in [6.45, 7) is 4.61. The van der Waals surface area contributed by atoms with Crippen molar-refractivity contribution in [2.75, 3.05) is 18.2 Å². The molecule has 1 heterocycles. The lowest BCUT2D eigenvalue weighted by Crippen LogP contribution is -2.11. The molecule has 0 saturated carbocycles. The molecule has 0 fully saturated rings. The van der Waals surface area contributed by atoms with Gasteiger partial charge in [0.1, 0.15) is 5.75 Å². The van der Waals surface area contributed by atoms with E-state index in [2.05, 4.69) is 10.3 Å². The number of thiazole rings is 1. The average molecular weight is 385 g/mol. The largest absolute Gasteiger partial charge is 0.494 e. The Labute approximate surface area is 161 Å². The van der Waals surface area contributed by atoms with Crippen molar-refractivity contribution in [2.24, 2.45) is 0 Å². The third-order valence-electron chi connectivity index (χ3n) is 3.79. The minimum Gasteiger partial charge on any atom is -0.494 e. The lowest BCUT2D eigenvalue weighted by molar-refractivity contribution is 0.102. The second-order valence-corrected chi connectivity index (χ2v) is 7.65. The number of rotatable bonds is 6. The van der Waals surface area contributed by atoms with Crippen molar-refractivity contribution in [3.63, 3.8) is 0 Å². The van der Waals surface area contributed by atoms with E-state index in [-0.39, 0.29) is 5.91 Å². The van der Waals surface area contributed by atoms with Crippen LogP contribution in [0.4, 0.5) is 5.13 Å². The molecule has 3 rings (SSSR count). The van der Waals surface area contributed by atoms with Crippen molar-refractivity contribution in [1.29, 1.82) is 0 Å². The zero-order chi connectivity index (χ0) is 18.5. The summed E-state index contributed by atoms with van der Waals surface area (Å²) in [7, 11) is 0. The maximum Gasteiger partial charge on any atom is 0.257 e. The zero-order valence-electron chi connectivity index (χ0n) is 14.9. The Morgan fingerprint density at radius 1 is 1.23 bits per heavy atom. The van der Waals surface area contributed by atoms with Crippen LogP contribution in [-0.2, 0) is 0 Å². The predicted octanol–water partition coefficient (Wildman–Crippen LogP) is 5.49. The first-order valence-corrected chi connectivity index (χ1v) is 10.3. The number of anilines is 1. The van der Waals surface area contributed by atoms with E-state index >= 15 is 0 Å². The van der Waals surface area contributed by atoms with Gasteiger partial charge in [-0.05, 0) is 62.6 Å². The van der Waals surface area contributed by atoms with Gasteiger partial charge in [0.2, 0.25) is 0 Å². The van der Waals surface area contributed by atoms with E-state index in [1.165, 1.54) is 11.3 Å². The van der Waals surface area contributed by atoms with Gasteiger partial charge < -0.3 is 4.74 Å². The van der Waals surface area contributed by atoms with E-state index in [0.29, 0.717) is 17.3 Å². The first-order valence-electron chi connectivity index (χ1n) is 8.26. The maximum atomic E-state index is 12.5. The number of benzene rings is 2. The van der Waals surface area contributed by atoms with Crippen molar-refractivity contribution >= 4 is 34.1 Å². The predicted molar refractivity (Wildman–Crippen MR) is 110 cm³/mol. The summed E-state index contributed by atoms with van der Waals surface area (Å²) >= 11 is 3.09. The van der Waals surface area contributed by atoms with Crippen LogP contribution < -0.4 is 10.1 Å². The van der Waals surface area contributed by atoms with Gasteiger partial charge in [-0.15, -0.1) is 23.1 Å². The summed E-state index contributed by atoms with van der Waals surface area (Å²) in [5.41, 5.74) is 2.52. The number of ether oxygens (including phenoxy) is 1. The lowest BCUT2D eigenvalue weighted by Gasteiger charge is -2.04. The number of hydrogen-bond donors (Lipinski definition) is 1. The summed E-state index contributed by atoms with van der Waals surface area (Å²) in [6, 6.07) is 15.4. The number of carbonyl (C=O) groups excluding carboxylic acids is 1. The average Bonchev–Trinajstić information content (AvgIpc) is 3.02. The molecular weight excluding hydrogens is 364 g/mol. The minimum atomic E-state index is -0.145. The van der Waals surface area contributed by atoms with Crippen molar-refractivity contribution in [3.05, 3.63) is 59.0 Å². The molecule has 0 saturated heterocycles. The number of thioether (sulfide) groups is 1. The van der Waals surface area contributed by atoms with Crippen molar-refractivity contribution < 1.29 is 9.53 Å². The molecule has 0 aliphatic carbocycles. The number of hydrogen-bond acceptors (Lipinski definition) is 5. The fraction of sp³-hybridized carbons (Fsp3) is 0.200. The molecule has 0 spiro atoms. The standard InChI is InChI=1S/C20H20N2O2S2/c1-4-24-16-10-8-14(9-11-16)18-13(2)26-20(21-18)22-19(23)15-6-5-7-17(12-15)25-3/h5-12H,4H2,1-3H3,(H,21,22,23). The van der Waals surface area contributed by atoms with Crippen LogP contribution in [0.5, 0.6) is 5.75 Å². The number of amides is 1. The van der Waals surface area contributed by atoms with E-state index in [9.17, 15) is 4.79 Å². The van der Waals surface area contributed by atoms with Gasteiger partial charge >= 0.3 is 0 Å². The highest BCUT2D eigenvalue weighted by molar-refractivity contribution is 7.98. The van der Waals surface area contributed by atoms with Crippen LogP contribution in [0.2, 0.25) is 0 Å². The van der Waals surface area contributed by atoms with E-state index in [1.807, 2.05) is 68.6 Å². The van der Waals surface area contributed by atoms with E-state index in [0.717, 1.165) is 26.8 Å². The van der Waals surface area contributed by atoms with Gasteiger partial charge in [-0.3, -0.25) is 10.1 Å². The van der Waals surface area contributed by atoms with Gasteiger partial charge in [-0.2, -0.15) is 0 Å². The molecule has 4 nitrogen and oxygen atoms in total. The molecule has 0 aliphatic heterocycles. The van der Waals surface area contributed by atoms with Gasteiger partial charge in [0, 0.05) is 20.9 Å². The molecule has 1 aromatic heterocycles. The van der Waals surface area contributed by atoms with E-state index in [1.54, 1.807) is 11.8 Å². The number of aromatic nitrogens is 1. The van der Waals surface area contributed by atoms with Crippen LogP contribution in [0, 0.1) is 6.92 Å². The molecular formula is C20H20N2O2S2. The minimum absolute atomic E-state index is 0.145. The van der Waals surface area contributed by atoms with Crippen LogP contribution >= 0.6 is 23.1 Å². The number of aryl methyl sites for hydroxylation is 1. The summed E-state index contributed by atoms with van der Waals surface area (Å²) < 4.78 is 5.48. The maximum absolute atomic E-state index is 12.5. The quantitative estimate of drug-likeness (QED) is 0.571. The van der Waals surface area contributed by atoms with Crippen LogP contribution in [0.3, 0.4) is 0 Å². The molecule has 0 atom stereocenters. The third kappa shape index (κ3) is 4.26. The van der Waals surface area contributed by atoms with Crippen molar-refractivity contribution in [1.82, 2.24) is 4.98 Å². The van der Waals surface area contributed by atoms with Crippen LogP contribution in [0.25, 0.3) is 11.3 Å². The molecule has 0 unspecified atom stereocenters. The fourth-order valence-electron chi connectivity index (χ4n) is 2.53. The van der Waals surface area contributed by atoms with Gasteiger partial charge in [0.25, 0.3) is 5.91 Å². The summed E-state index contributed by atoms with van der Waals surface area (Å²) in [6.07, 6.45) is 1.99. The van der Waals surface area contributed by atoms with Crippen molar-refractivity contribution in [2.45, 2.75) is 18.7 Å². The number of carbonyl (C=O) groups is 1. The Hall–Kier alpha value is -2.31. The first kappa shape index (κ1) is 18.5. The smallest absolute Gasteiger partial charge is 0.257 e. The second-order valence-electron chi connectivity index (χ2n) is 5.57. The van der Waals surface area contributed by atoms with E-state index < -0.39 is 0 Å². The number of nitrogens with one attached hydrogen (secondary N) is 1. The molecule has 0 aliphatic rings. The van der Waals surface area contributed by atoms with Crippen LogP contribution in [0.15, 0.2) is 53.4 Å². The highest BCUT2D eigenvalue weighted by Gasteiger charge is 2.13. The zero-order valence-corrected chi connectivity index (χ0v) is 16.5. The van der Waals surface area contributed by atoms with Gasteiger partial charge in [-0.1, -0.05) is 6.07 Å². The third-order valence-corrected chi connectivity index (χ3v) is 5.40. The molecule has 1 N–H and O–H groups in total. The summed E-state index contributed by atoms with van der Waals surface area (Å²) in [4.78, 5) is 19.2. The molecule has 26 heavy (non-hydrogen) atoms. The Kier molecular flexibility index (Phi) is 5.96. The monoisotopic (exact) mass is 384 g/mol. The van der Waals surface area contributed by atoms with Crippen molar-refractivity contribution in [3.8, 4) is 17.0 Å². The topological polar surface area (TPSA) is 51.2 Å². The van der Waals surface area contributed by atoms with Gasteiger partial charge in [0.15, 0.2) is 5.13 Å². The Morgan fingerprint density at radius 2 is 2.00 bits per heavy atom. The highest BCUT2D eigenvalue weighted by atomic mass is 32.2. The molecule has 1 amide bonds. The molecule has 134 valence electrons. The van der Waals surface area contributed by atoms with Gasteiger partial charge in [-0.25, -0.2) is 4.98 Å². The molecule has 2 aromatic carbocycles. The second kappa shape index (κ2) is 8.38. The summed E-state index contributed by atoms with van der Waals surface area (Å²) in [5.74, 6) is 0.694. The lowest BCUT2D eigenvalue weighted by atomic mass is 10.1. The fourth-order valence-corrected chi connectivity index (χ4v) is 3.82. The van der Waals surface area contributed by atoms with Gasteiger partial charge in [0.05, 0.1) is 12.3 Å². The Morgan fingerprint density at radius 3 is 2.69 bits per heavy atom. The Balaban J connectivity index is 1.78. The molecule has 0 radical (unpaired) electrons. The van der Waals surface area contributed by atoms with Crippen LogP contribution in [-0.4, -0.2) is 23.8 Å². The highest BCUT2D eigenvalue weighted by Crippen LogP contribution is 2.31. The van der Waals surface area contributed by atoms with E-state index in [4.69, 9.17) is 4.74 Å². The first-order chi connectivity index (χ1) is 12.6. The molecule has 0 bridgehead atoms. The normalized spacial score (nSPS) is 10.6. The Bertz CT molecular complexity index is 904.